The fraction of sp³-hybridized carbons (Fsp3) is 0.875. The van der Waals surface area contributed by atoms with E-state index < -0.39 is 5.54 Å². The number of hydrogen-bond acceptors (Lipinski definition) is 3. The third-order valence-electron chi connectivity index (χ3n) is 5.13. The molecule has 1 aliphatic carbocycles. The van der Waals surface area contributed by atoms with Gasteiger partial charge in [0.15, 0.2) is 0 Å². The van der Waals surface area contributed by atoms with Crippen LogP contribution in [0.1, 0.15) is 52.4 Å². The van der Waals surface area contributed by atoms with Gasteiger partial charge in [0.1, 0.15) is 5.54 Å². The van der Waals surface area contributed by atoms with Crippen molar-refractivity contribution in [2.45, 2.75) is 64.0 Å². The third kappa shape index (κ3) is 3.72. The van der Waals surface area contributed by atoms with Crippen molar-refractivity contribution in [3.63, 3.8) is 0 Å². The molecule has 6 nitrogen and oxygen atoms in total. The molecule has 2 rings (SSSR count). The fourth-order valence-corrected chi connectivity index (χ4v) is 3.72. The van der Waals surface area contributed by atoms with Crippen LogP contribution in [0.3, 0.4) is 0 Å². The number of hydrogen-bond donors (Lipinski definition) is 3. The maximum absolute atomic E-state index is 13.0. The van der Waals surface area contributed by atoms with E-state index in [4.69, 9.17) is 5.73 Å². The number of carbonyl (C=O) groups excluding carboxylic acids is 2. The van der Waals surface area contributed by atoms with E-state index in [1.165, 1.54) is 0 Å². The number of carbonyl (C=O) groups is 2. The van der Waals surface area contributed by atoms with E-state index in [-0.39, 0.29) is 18.0 Å². The molecule has 0 bridgehead atoms. The molecule has 22 heavy (non-hydrogen) atoms. The highest BCUT2D eigenvalue weighted by Gasteiger charge is 2.45. The normalized spacial score (nSPS) is 23.1. The number of nitrogens with two attached hydrogens (primary N) is 1. The molecule has 0 spiro atoms. The maximum atomic E-state index is 13.0. The minimum Gasteiger partial charge on any atom is -0.341 e. The Morgan fingerprint density at radius 2 is 1.86 bits per heavy atom. The van der Waals surface area contributed by atoms with Crippen LogP contribution in [0.25, 0.3) is 0 Å². The molecule has 4 N–H and O–H groups in total. The lowest BCUT2D eigenvalue weighted by atomic mass is 9.88. The largest absolute Gasteiger partial charge is 0.341 e. The molecular weight excluding hydrogens is 280 g/mol. The van der Waals surface area contributed by atoms with E-state index >= 15 is 0 Å². The van der Waals surface area contributed by atoms with Gasteiger partial charge in [0.25, 0.3) is 0 Å². The number of urea groups is 1. The summed E-state index contributed by atoms with van der Waals surface area (Å²) in [6.07, 6.45) is 5.40. The van der Waals surface area contributed by atoms with Crippen LogP contribution in [0.15, 0.2) is 0 Å². The Morgan fingerprint density at radius 3 is 2.36 bits per heavy atom. The lowest BCUT2D eigenvalue weighted by molar-refractivity contribution is -0.139. The average molecular weight is 310 g/mol. The van der Waals surface area contributed by atoms with Crippen LogP contribution in [-0.2, 0) is 4.79 Å². The number of nitrogens with one attached hydrogen (secondary N) is 2. The van der Waals surface area contributed by atoms with E-state index in [1.807, 2.05) is 18.7 Å². The zero-order valence-corrected chi connectivity index (χ0v) is 13.9. The molecule has 6 heteroatoms. The molecule has 1 atom stereocenters. The molecule has 2 fully saturated rings. The lowest BCUT2D eigenvalue weighted by Crippen LogP contribution is -2.61. The Bertz CT molecular complexity index is 397. The average Bonchev–Trinajstić information content (AvgIpc) is 2.96. The van der Waals surface area contributed by atoms with Gasteiger partial charge in [-0.15, -0.1) is 0 Å². The molecule has 0 radical (unpaired) electrons. The molecule has 0 aromatic rings. The van der Waals surface area contributed by atoms with Gasteiger partial charge in [-0.05, 0) is 45.4 Å². The summed E-state index contributed by atoms with van der Waals surface area (Å²) in [4.78, 5) is 26.8. The summed E-state index contributed by atoms with van der Waals surface area (Å²) in [5.74, 6) is 0.597. The van der Waals surface area contributed by atoms with Crippen molar-refractivity contribution in [3.05, 3.63) is 0 Å². The zero-order valence-electron chi connectivity index (χ0n) is 13.9. The summed E-state index contributed by atoms with van der Waals surface area (Å²) >= 11 is 0. The van der Waals surface area contributed by atoms with E-state index in [1.54, 1.807) is 0 Å². The second kappa shape index (κ2) is 7.31. The standard InChI is InChI=1S/C16H30N4O2/c1-3-18-15(22)19-16(8-4-5-9-16)14(21)20-10-6-13(7-11-20)12(2)17/h12-13H,3-11,17H2,1-2H3,(H2,18,19,22). The molecule has 1 saturated carbocycles. The molecule has 1 heterocycles. The number of nitrogens with zero attached hydrogens (tertiary/aromatic N) is 1. The van der Waals surface area contributed by atoms with Gasteiger partial charge in [-0.2, -0.15) is 0 Å². The van der Waals surface area contributed by atoms with Crippen LogP contribution in [0.5, 0.6) is 0 Å². The summed E-state index contributed by atoms with van der Waals surface area (Å²) in [5, 5.41) is 5.70. The Balaban J connectivity index is 2.00. The summed E-state index contributed by atoms with van der Waals surface area (Å²) in [5.41, 5.74) is 5.27. The van der Waals surface area contributed by atoms with Crippen LogP contribution in [-0.4, -0.2) is 48.1 Å². The highest BCUT2D eigenvalue weighted by molar-refractivity contribution is 5.91. The second-order valence-corrected chi connectivity index (χ2v) is 6.76. The minimum atomic E-state index is -0.694. The van der Waals surface area contributed by atoms with Crippen molar-refractivity contribution in [3.8, 4) is 0 Å². The van der Waals surface area contributed by atoms with Gasteiger partial charge >= 0.3 is 6.03 Å². The quantitative estimate of drug-likeness (QED) is 0.729. The van der Waals surface area contributed by atoms with Gasteiger partial charge in [0.2, 0.25) is 5.91 Å². The molecule has 3 amide bonds. The lowest BCUT2D eigenvalue weighted by Gasteiger charge is -2.39. The first kappa shape index (κ1) is 17.1. The molecule has 126 valence electrons. The van der Waals surface area contributed by atoms with Crippen LogP contribution in [0, 0.1) is 5.92 Å². The van der Waals surface area contributed by atoms with Crippen molar-refractivity contribution in [1.29, 1.82) is 0 Å². The van der Waals surface area contributed by atoms with Gasteiger partial charge in [0, 0.05) is 25.7 Å². The van der Waals surface area contributed by atoms with Gasteiger partial charge in [-0.1, -0.05) is 12.8 Å². The smallest absolute Gasteiger partial charge is 0.315 e. The number of amides is 3. The van der Waals surface area contributed by atoms with Crippen LogP contribution in [0.2, 0.25) is 0 Å². The summed E-state index contributed by atoms with van der Waals surface area (Å²) in [6.45, 7) is 5.99. The predicted octanol–water partition coefficient (Wildman–Crippen LogP) is 1.20. The van der Waals surface area contributed by atoms with Crippen molar-refractivity contribution >= 4 is 11.9 Å². The monoisotopic (exact) mass is 310 g/mol. The molecule has 0 aromatic carbocycles. The van der Waals surface area contributed by atoms with Gasteiger partial charge < -0.3 is 21.3 Å². The predicted molar refractivity (Wildman–Crippen MR) is 86.4 cm³/mol. The third-order valence-corrected chi connectivity index (χ3v) is 5.13. The van der Waals surface area contributed by atoms with Crippen molar-refractivity contribution < 1.29 is 9.59 Å². The maximum Gasteiger partial charge on any atom is 0.315 e. The minimum absolute atomic E-state index is 0.0966. The summed E-state index contributed by atoms with van der Waals surface area (Å²) < 4.78 is 0. The Labute approximate surface area is 133 Å². The number of rotatable bonds is 4. The van der Waals surface area contributed by atoms with Crippen LogP contribution >= 0.6 is 0 Å². The van der Waals surface area contributed by atoms with E-state index in [0.717, 1.165) is 51.6 Å². The topological polar surface area (TPSA) is 87.5 Å². The van der Waals surface area contributed by atoms with E-state index in [9.17, 15) is 9.59 Å². The fourth-order valence-electron chi connectivity index (χ4n) is 3.72. The van der Waals surface area contributed by atoms with Gasteiger partial charge in [-0.3, -0.25) is 4.79 Å². The molecule has 0 aromatic heterocycles. The first-order valence-electron chi connectivity index (χ1n) is 8.59. The van der Waals surface area contributed by atoms with Gasteiger partial charge in [-0.25, -0.2) is 4.79 Å². The molecule has 1 aliphatic heterocycles. The first-order chi connectivity index (χ1) is 10.5. The SMILES string of the molecule is CCNC(=O)NC1(C(=O)N2CCC(C(C)N)CC2)CCCC1. The number of piperidine rings is 1. The highest BCUT2D eigenvalue weighted by atomic mass is 16.2. The van der Waals surface area contributed by atoms with Crippen molar-refractivity contribution in [1.82, 2.24) is 15.5 Å². The van der Waals surface area contributed by atoms with Crippen LogP contribution < -0.4 is 16.4 Å². The van der Waals surface area contributed by atoms with Crippen molar-refractivity contribution in [2.24, 2.45) is 11.7 Å². The first-order valence-corrected chi connectivity index (χ1v) is 8.59. The number of likely N-dealkylation sites (tertiary alicyclic amines) is 1. The Morgan fingerprint density at radius 1 is 1.27 bits per heavy atom. The Kier molecular flexibility index (Phi) is 5.67. The van der Waals surface area contributed by atoms with Gasteiger partial charge in [0.05, 0.1) is 0 Å². The van der Waals surface area contributed by atoms with Crippen molar-refractivity contribution in [2.75, 3.05) is 19.6 Å². The summed E-state index contributed by atoms with van der Waals surface area (Å²) in [7, 11) is 0. The summed E-state index contributed by atoms with van der Waals surface area (Å²) in [6, 6.07) is -0.0469. The Hall–Kier alpha value is -1.30. The molecular formula is C16H30N4O2. The highest BCUT2D eigenvalue weighted by Crippen LogP contribution is 2.33. The molecule has 1 unspecified atom stereocenters. The molecule has 2 aliphatic rings. The zero-order chi connectivity index (χ0) is 16.2. The second-order valence-electron chi connectivity index (χ2n) is 6.76. The van der Waals surface area contributed by atoms with E-state index in [2.05, 4.69) is 10.6 Å². The van der Waals surface area contributed by atoms with Crippen LogP contribution in [0.4, 0.5) is 4.79 Å². The van der Waals surface area contributed by atoms with E-state index in [0.29, 0.717) is 12.5 Å². The molecule has 1 saturated heterocycles.